The van der Waals surface area contributed by atoms with Crippen LogP contribution in [0, 0.1) is 11.3 Å². The minimum absolute atomic E-state index is 0.364. The lowest BCUT2D eigenvalue weighted by atomic mass is 9.66. The first-order valence-corrected chi connectivity index (χ1v) is 6.16. The van der Waals surface area contributed by atoms with Gasteiger partial charge in [0.05, 0.1) is 0 Å². The number of allylic oxidation sites excluding steroid dienone is 4. The summed E-state index contributed by atoms with van der Waals surface area (Å²) >= 11 is 0. The van der Waals surface area contributed by atoms with E-state index in [1.807, 2.05) is 6.92 Å². The third-order valence-electron chi connectivity index (χ3n) is 4.11. The van der Waals surface area contributed by atoms with Gasteiger partial charge in [-0.25, -0.2) is 0 Å². The summed E-state index contributed by atoms with van der Waals surface area (Å²) in [5.41, 5.74) is 4.00. The summed E-state index contributed by atoms with van der Waals surface area (Å²) in [6, 6.07) is 0. The average molecular weight is 220 g/mol. The zero-order valence-corrected chi connectivity index (χ0v) is 11.3. The fourth-order valence-electron chi connectivity index (χ4n) is 2.61. The maximum absolute atomic E-state index is 10.8. The van der Waals surface area contributed by atoms with Crippen LogP contribution >= 0.6 is 0 Å². The molecule has 0 bridgehead atoms. The van der Waals surface area contributed by atoms with E-state index >= 15 is 0 Å². The van der Waals surface area contributed by atoms with E-state index in [0.717, 1.165) is 18.3 Å². The van der Waals surface area contributed by atoms with Gasteiger partial charge in [0.1, 0.15) is 6.29 Å². The van der Waals surface area contributed by atoms with Gasteiger partial charge in [-0.3, -0.25) is 4.79 Å². The fraction of sp³-hybridized carbons (Fsp3) is 0.667. The number of aldehydes is 1. The van der Waals surface area contributed by atoms with Gasteiger partial charge in [0.2, 0.25) is 0 Å². The second kappa shape index (κ2) is 4.99. The van der Waals surface area contributed by atoms with Gasteiger partial charge in [-0.05, 0) is 56.9 Å². The molecule has 0 saturated carbocycles. The third kappa shape index (κ3) is 2.84. The first-order valence-electron chi connectivity index (χ1n) is 6.16. The molecular formula is C15H24O. The number of hydrogen-bond acceptors (Lipinski definition) is 1. The molecule has 0 spiro atoms. The lowest BCUT2D eigenvalue weighted by molar-refractivity contribution is -0.104. The number of carbonyl (C=O) groups excluding carboxylic acids is 1. The van der Waals surface area contributed by atoms with Crippen molar-refractivity contribution in [2.75, 3.05) is 0 Å². The molecule has 0 aromatic carbocycles. The van der Waals surface area contributed by atoms with E-state index in [1.54, 1.807) is 0 Å². The Kier molecular flexibility index (Phi) is 4.12. The first kappa shape index (κ1) is 13.2. The zero-order valence-electron chi connectivity index (χ0n) is 11.3. The van der Waals surface area contributed by atoms with Crippen LogP contribution in [-0.2, 0) is 4.79 Å². The molecule has 0 aromatic heterocycles. The normalized spacial score (nSPS) is 25.8. The Labute approximate surface area is 99.6 Å². The largest absolute Gasteiger partial charge is 0.298 e. The Bertz CT molecular complexity index is 331. The van der Waals surface area contributed by atoms with Crippen LogP contribution in [0.1, 0.15) is 53.9 Å². The van der Waals surface area contributed by atoms with Gasteiger partial charge in [0, 0.05) is 0 Å². The minimum Gasteiger partial charge on any atom is -0.298 e. The summed E-state index contributed by atoms with van der Waals surface area (Å²) in [5, 5.41) is 0. The number of rotatable bonds is 3. The number of hydrogen-bond donors (Lipinski definition) is 0. The van der Waals surface area contributed by atoms with Crippen molar-refractivity contribution in [3.05, 3.63) is 22.8 Å². The minimum atomic E-state index is 0.364. The molecule has 0 radical (unpaired) electrons. The summed E-state index contributed by atoms with van der Waals surface area (Å²) < 4.78 is 0. The standard InChI is InChI=1S/C15H24O/c1-11-7-6-8-15(4,5)14(11)9-12(2)13(3)10-16/h7,10,14H,6,8-9H2,1-5H3/b13-12+. The molecule has 0 amide bonds. The van der Waals surface area contributed by atoms with Crippen molar-refractivity contribution in [3.8, 4) is 0 Å². The Morgan fingerprint density at radius 1 is 1.50 bits per heavy atom. The summed E-state index contributed by atoms with van der Waals surface area (Å²) in [6.07, 6.45) is 6.82. The van der Waals surface area contributed by atoms with Crippen molar-refractivity contribution in [3.63, 3.8) is 0 Å². The van der Waals surface area contributed by atoms with Crippen LogP contribution in [0.25, 0.3) is 0 Å². The summed E-state index contributed by atoms with van der Waals surface area (Å²) in [7, 11) is 0. The highest BCUT2D eigenvalue weighted by atomic mass is 16.1. The molecule has 1 aliphatic carbocycles. The van der Waals surface area contributed by atoms with E-state index in [2.05, 4.69) is 33.8 Å². The van der Waals surface area contributed by atoms with Crippen LogP contribution in [0.15, 0.2) is 22.8 Å². The van der Waals surface area contributed by atoms with E-state index in [1.165, 1.54) is 24.0 Å². The summed E-state index contributed by atoms with van der Waals surface area (Å²) in [5.74, 6) is 0.594. The van der Waals surface area contributed by atoms with Crippen molar-refractivity contribution >= 4 is 6.29 Å². The van der Waals surface area contributed by atoms with E-state index in [-0.39, 0.29) is 0 Å². The maximum Gasteiger partial charge on any atom is 0.145 e. The van der Waals surface area contributed by atoms with Crippen molar-refractivity contribution < 1.29 is 4.79 Å². The fourth-order valence-corrected chi connectivity index (χ4v) is 2.61. The molecular weight excluding hydrogens is 196 g/mol. The molecule has 0 fully saturated rings. The molecule has 0 saturated heterocycles. The first-order chi connectivity index (χ1) is 7.38. The van der Waals surface area contributed by atoms with Crippen LogP contribution in [0.4, 0.5) is 0 Å². The average Bonchev–Trinajstić information content (AvgIpc) is 2.21. The molecule has 1 aliphatic rings. The Balaban J connectivity index is 2.90. The second-order valence-corrected chi connectivity index (χ2v) is 5.81. The van der Waals surface area contributed by atoms with Gasteiger partial charge in [-0.1, -0.05) is 31.1 Å². The molecule has 1 nitrogen and oxygen atoms in total. The predicted octanol–water partition coefficient (Wildman–Crippen LogP) is 4.29. The van der Waals surface area contributed by atoms with Crippen molar-refractivity contribution in [1.29, 1.82) is 0 Å². The molecule has 1 heteroatoms. The van der Waals surface area contributed by atoms with Crippen LogP contribution in [0.3, 0.4) is 0 Å². The Morgan fingerprint density at radius 3 is 2.62 bits per heavy atom. The lowest BCUT2D eigenvalue weighted by Gasteiger charge is -2.39. The van der Waals surface area contributed by atoms with Gasteiger partial charge in [-0.2, -0.15) is 0 Å². The lowest BCUT2D eigenvalue weighted by Crippen LogP contribution is -2.28. The highest BCUT2D eigenvalue weighted by molar-refractivity contribution is 5.73. The topological polar surface area (TPSA) is 17.1 Å². The highest BCUT2D eigenvalue weighted by Gasteiger charge is 2.32. The van der Waals surface area contributed by atoms with Gasteiger partial charge in [0.15, 0.2) is 0 Å². The van der Waals surface area contributed by atoms with Crippen molar-refractivity contribution in [1.82, 2.24) is 0 Å². The number of carbonyl (C=O) groups is 1. The van der Waals surface area contributed by atoms with Crippen molar-refractivity contribution in [2.24, 2.45) is 11.3 Å². The van der Waals surface area contributed by atoms with E-state index < -0.39 is 0 Å². The van der Waals surface area contributed by atoms with Gasteiger partial charge in [-0.15, -0.1) is 0 Å². The van der Waals surface area contributed by atoms with Crippen LogP contribution in [0.5, 0.6) is 0 Å². The van der Waals surface area contributed by atoms with E-state index in [0.29, 0.717) is 11.3 Å². The predicted molar refractivity (Wildman–Crippen MR) is 69.3 cm³/mol. The molecule has 90 valence electrons. The highest BCUT2D eigenvalue weighted by Crippen LogP contribution is 2.44. The molecule has 0 aromatic rings. The molecule has 1 unspecified atom stereocenters. The van der Waals surface area contributed by atoms with Crippen LogP contribution in [-0.4, -0.2) is 6.29 Å². The third-order valence-corrected chi connectivity index (χ3v) is 4.11. The monoisotopic (exact) mass is 220 g/mol. The Hall–Kier alpha value is -0.850. The molecule has 0 aliphatic heterocycles. The Morgan fingerprint density at radius 2 is 2.12 bits per heavy atom. The maximum atomic E-state index is 10.8. The van der Waals surface area contributed by atoms with E-state index in [9.17, 15) is 4.79 Å². The molecule has 0 N–H and O–H groups in total. The van der Waals surface area contributed by atoms with Crippen LogP contribution in [0.2, 0.25) is 0 Å². The second-order valence-electron chi connectivity index (χ2n) is 5.81. The summed E-state index contributed by atoms with van der Waals surface area (Å²) in [6.45, 7) is 10.9. The van der Waals surface area contributed by atoms with Gasteiger partial charge >= 0.3 is 0 Å². The van der Waals surface area contributed by atoms with Gasteiger partial charge in [0.25, 0.3) is 0 Å². The zero-order chi connectivity index (χ0) is 12.3. The molecule has 1 atom stereocenters. The molecule has 16 heavy (non-hydrogen) atoms. The quantitative estimate of drug-likeness (QED) is 0.394. The SMILES string of the molecule is CC1=CCCC(C)(C)C1C/C(C)=C(\C)C=O. The van der Waals surface area contributed by atoms with E-state index in [4.69, 9.17) is 0 Å². The summed E-state index contributed by atoms with van der Waals surface area (Å²) in [4.78, 5) is 10.8. The van der Waals surface area contributed by atoms with Gasteiger partial charge < -0.3 is 0 Å². The molecule has 0 heterocycles. The molecule has 1 rings (SSSR count). The van der Waals surface area contributed by atoms with Crippen LogP contribution < -0.4 is 0 Å². The van der Waals surface area contributed by atoms with Crippen molar-refractivity contribution in [2.45, 2.75) is 53.9 Å². The smallest absolute Gasteiger partial charge is 0.145 e.